The van der Waals surface area contributed by atoms with Crippen LogP contribution in [0.3, 0.4) is 0 Å². The van der Waals surface area contributed by atoms with Crippen LogP contribution in [0, 0.1) is 11.3 Å². The maximum absolute atomic E-state index is 10.2. The zero-order chi connectivity index (χ0) is 10.4. The number of nitrogens with one attached hydrogen (secondary N) is 1. The summed E-state index contributed by atoms with van der Waals surface area (Å²) in [7, 11) is 0. The Balaban J connectivity index is 1.77. The number of amides is 1. The third-order valence-electron chi connectivity index (χ3n) is 4.02. The fourth-order valence-corrected chi connectivity index (χ4v) is 3.02. The zero-order valence-corrected chi connectivity index (χ0v) is 8.92. The highest BCUT2D eigenvalue weighted by Crippen LogP contribution is 2.60. The molecule has 2 rings (SSSR count). The first-order valence-electron chi connectivity index (χ1n) is 5.37. The van der Waals surface area contributed by atoms with Crippen LogP contribution in [0.4, 0.5) is 0 Å². The van der Waals surface area contributed by atoms with E-state index in [0.29, 0.717) is 17.4 Å². The Kier molecular flexibility index (Phi) is 2.11. The smallest absolute Gasteiger partial charge is 0.207 e. The van der Waals surface area contributed by atoms with E-state index in [9.17, 15) is 9.90 Å². The molecule has 14 heavy (non-hydrogen) atoms. The Labute approximate surface area is 84.9 Å². The number of aliphatic hydroxyl groups is 1. The molecule has 0 radical (unpaired) electrons. The fourth-order valence-electron chi connectivity index (χ4n) is 3.02. The summed E-state index contributed by atoms with van der Waals surface area (Å²) in [5.74, 6) is 0.458. The zero-order valence-electron chi connectivity index (χ0n) is 8.92. The summed E-state index contributed by atoms with van der Waals surface area (Å²) in [6, 6.07) is 0.398. The molecule has 0 aromatic rings. The Hall–Kier alpha value is -0.570. The van der Waals surface area contributed by atoms with Gasteiger partial charge in [0, 0.05) is 6.04 Å². The van der Waals surface area contributed by atoms with Crippen LogP contribution in [-0.4, -0.2) is 23.2 Å². The molecule has 0 heterocycles. The van der Waals surface area contributed by atoms with Gasteiger partial charge in [-0.2, -0.15) is 0 Å². The van der Waals surface area contributed by atoms with Gasteiger partial charge in [-0.25, -0.2) is 0 Å². The average molecular weight is 197 g/mol. The van der Waals surface area contributed by atoms with Gasteiger partial charge in [-0.05, 0) is 50.9 Å². The van der Waals surface area contributed by atoms with Crippen LogP contribution in [0.5, 0.6) is 0 Å². The van der Waals surface area contributed by atoms with E-state index in [-0.39, 0.29) is 0 Å². The van der Waals surface area contributed by atoms with Gasteiger partial charge in [0.15, 0.2) is 0 Å². The predicted molar refractivity (Wildman–Crippen MR) is 53.7 cm³/mol. The standard InChI is InChI=1S/C11H19NO2/c1-10(2,14)8-3-11(4-8)5-9(6-11)12-7-13/h7-9,14H,3-6H2,1-2H3,(H,12,13). The van der Waals surface area contributed by atoms with Crippen molar-refractivity contribution < 1.29 is 9.90 Å². The first-order chi connectivity index (χ1) is 6.45. The van der Waals surface area contributed by atoms with Crippen molar-refractivity contribution in [1.82, 2.24) is 5.32 Å². The van der Waals surface area contributed by atoms with Gasteiger partial charge in [0.25, 0.3) is 0 Å². The van der Waals surface area contributed by atoms with E-state index in [1.165, 1.54) is 0 Å². The topological polar surface area (TPSA) is 49.3 Å². The first-order valence-corrected chi connectivity index (χ1v) is 5.37. The summed E-state index contributed by atoms with van der Waals surface area (Å²) in [4.78, 5) is 10.2. The van der Waals surface area contributed by atoms with Crippen LogP contribution in [0.2, 0.25) is 0 Å². The molecule has 0 aliphatic heterocycles. The molecule has 2 aliphatic rings. The Morgan fingerprint density at radius 1 is 1.36 bits per heavy atom. The van der Waals surface area contributed by atoms with Gasteiger partial charge in [-0.15, -0.1) is 0 Å². The molecule has 2 aliphatic carbocycles. The maximum atomic E-state index is 10.2. The van der Waals surface area contributed by atoms with Gasteiger partial charge < -0.3 is 10.4 Å². The molecule has 3 nitrogen and oxygen atoms in total. The molecule has 0 bridgehead atoms. The molecule has 0 atom stereocenters. The lowest BCUT2D eigenvalue weighted by Crippen LogP contribution is -2.58. The van der Waals surface area contributed by atoms with Crippen molar-refractivity contribution >= 4 is 6.41 Å². The van der Waals surface area contributed by atoms with Crippen molar-refractivity contribution in [2.24, 2.45) is 11.3 Å². The molecule has 0 aromatic heterocycles. The summed E-state index contributed by atoms with van der Waals surface area (Å²) >= 11 is 0. The second kappa shape index (κ2) is 2.96. The monoisotopic (exact) mass is 197 g/mol. The minimum Gasteiger partial charge on any atom is -0.390 e. The highest BCUT2D eigenvalue weighted by molar-refractivity contribution is 5.47. The highest BCUT2D eigenvalue weighted by Gasteiger charge is 2.55. The number of carbonyl (C=O) groups excluding carboxylic acids is 1. The van der Waals surface area contributed by atoms with Gasteiger partial charge in [-0.1, -0.05) is 0 Å². The summed E-state index contributed by atoms with van der Waals surface area (Å²) < 4.78 is 0. The van der Waals surface area contributed by atoms with Crippen LogP contribution in [0.25, 0.3) is 0 Å². The lowest BCUT2D eigenvalue weighted by Gasteiger charge is -2.60. The fraction of sp³-hybridized carbons (Fsp3) is 0.909. The molecule has 0 aromatic carbocycles. The Bertz CT molecular complexity index is 230. The molecule has 80 valence electrons. The van der Waals surface area contributed by atoms with E-state index in [4.69, 9.17) is 0 Å². The summed E-state index contributed by atoms with van der Waals surface area (Å²) in [5, 5.41) is 12.6. The number of hydrogen-bond donors (Lipinski definition) is 2. The maximum Gasteiger partial charge on any atom is 0.207 e. The van der Waals surface area contributed by atoms with Crippen LogP contribution < -0.4 is 5.32 Å². The quantitative estimate of drug-likeness (QED) is 0.665. The minimum absolute atomic E-state index is 0.398. The molecule has 1 spiro atoms. The van der Waals surface area contributed by atoms with Crippen molar-refractivity contribution in [3.8, 4) is 0 Å². The molecule has 2 saturated carbocycles. The number of carbonyl (C=O) groups is 1. The average Bonchev–Trinajstić information content (AvgIpc) is 1.88. The molecule has 3 heteroatoms. The van der Waals surface area contributed by atoms with Gasteiger partial charge in [0.05, 0.1) is 5.60 Å². The van der Waals surface area contributed by atoms with Crippen molar-refractivity contribution in [3.05, 3.63) is 0 Å². The van der Waals surface area contributed by atoms with E-state index < -0.39 is 5.60 Å². The minimum atomic E-state index is -0.519. The van der Waals surface area contributed by atoms with Crippen molar-refractivity contribution in [1.29, 1.82) is 0 Å². The molecular formula is C11H19NO2. The third-order valence-corrected chi connectivity index (χ3v) is 4.02. The van der Waals surface area contributed by atoms with E-state index in [1.54, 1.807) is 0 Å². The van der Waals surface area contributed by atoms with E-state index >= 15 is 0 Å². The second-order valence-electron chi connectivity index (χ2n) is 5.65. The van der Waals surface area contributed by atoms with E-state index in [1.807, 2.05) is 13.8 Å². The molecular weight excluding hydrogens is 178 g/mol. The van der Waals surface area contributed by atoms with Gasteiger partial charge in [0.2, 0.25) is 6.41 Å². The summed E-state index contributed by atoms with van der Waals surface area (Å²) in [5.41, 5.74) is -0.0558. The first kappa shape index (κ1) is 9.97. The largest absolute Gasteiger partial charge is 0.390 e. The predicted octanol–water partition coefficient (Wildman–Crippen LogP) is 1.06. The van der Waals surface area contributed by atoms with Gasteiger partial charge in [0.1, 0.15) is 0 Å². The summed E-state index contributed by atoms with van der Waals surface area (Å²) in [6.07, 6.45) is 5.28. The van der Waals surface area contributed by atoms with Gasteiger partial charge >= 0.3 is 0 Å². The lowest BCUT2D eigenvalue weighted by atomic mass is 9.47. The highest BCUT2D eigenvalue weighted by atomic mass is 16.3. The van der Waals surface area contributed by atoms with Crippen molar-refractivity contribution in [3.63, 3.8) is 0 Å². The molecule has 2 fully saturated rings. The van der Waals surface area contributed by atoms with Crippen LogP contribution in [-0.2, 0) is 4.79 Å². The van der Waals surface area contributed by atoms with E-state index in [0.717, 1.165) is 32.1 Å². The third kappa shape index (κ3) is 1.54. The SMILES string of the molecule is CC(C)(O)C1CC2(CC(NC=O)C2)C1. The van der Waals surface area contributed by atoms with Crippen LogP contribution >= 0.6 is 0 Å². The number of rotatable bonds is 3. The second-order valence-corrected chi connectivity index (χ2v) is 5.65. The molecule has 2 N–H and O–H groups in total. The normalized spacial score (nSPS) is 41.4. The Morgan fingerprint density at radius 2 is 1.93 bits per heavy atom. The van der Waals surface area contributed by atoms with Crippen LogP contribution in [0.15, 0.2) is 0 Å². The molecule has 1 amide bonds. The van der Waals surface area contributed by atoms with Crippen molar-refractivity contribution in [2.75, 3.05) is 0 Å². The van der Waals surface area contributed by atoms with Crippen molar-refractivity contribution in [2.45, 2.75) is 51.2 Å². The number of hydrogen-bond acceptors (Lipinski definition) is 2. The molecule has 0 unspecified atom stereocenters. The van der Waals surface area contributed by atoms with Gasteiger partial charge in [-0.3, -0.25) is 4.79 Å². The lowest BCUT2D eigenvalue weighted by molar-refractivity contribution is -0.133. The van der Waals surface area contributed by atoms with E-state index in [2.05, 4.69) is 5.32 Å². The Morgan fingerprint density at radius 3 is 2.36 bits per heavy atom. The molecule has 0 saturated heterocycles. The summed E-state index contributed by atoms with van der Waals surface area (Å²) in [6.45, 7) is 3.79. The van der Waals surface area contributed by atoms with Crippen LogP contribution in [0.1, 0.15) is 39.5 Å².